The highest BCUT2D eigenvalue weighted by Gasteiger charge is 2.47. The van der Waals surface area contributed by atoms with Gasteiger partial charge in [0.15, 0.2) is 6.61 Å². The van der Waals surface area contributed by atoms with Crippen LogP contribution < -0.4 is 5.32 Å². The fraction of sp³-hybridized carbons (Fsp3) is 0.238. The van der Waals surface area contributed by atoms with Crippen molar-refractivity contribution in [1.82, 2.24) is 4.90 Å². The number of hydrogen-bond donors (Lipinski definition) is 1. The van der Waals surface area contributed by atoms with Crippen molar-refractivity contribution >= 4 is 93.1 Å². The summed E-state index contributed by atoms with van der Waals surface area (Å²) in [4.78, 5) is 52.2. The summed E-state index contributed by atoms with van der Waals surface area (Å²) < 4.78 is 20.5. The second-order valence-corrected chi connectivity index (χ2v) is 10.5. The number of amides is 3. The molecule has 0 bridgehead atoms. The van der Waals surface area contributed by atoms with Crippen LogP contribution >= 0.6 is 63.7 Å². The molecule has 2 aromatic rings. The first-order chi connectivity index (χ1) is 15.5. The number of fused-ring (bicyclic) bond motifs is 1. The summed E-state index contributed by atoms with van der Waals surface area (Å²) in [5.41, 5.74) is 0.126. The summed E-state index contributed by atoms with van der Waals surface area (Å²) in [6, 6.07) is 4.25. The summed E-state index contributed by atoms with van der Waals surface area (Å²) >= 11 is 13.4. The van der Waals surface area contributed by atoms with Gasteiger partial charge in [-0.1, -0.05) is 26.0 Å². The molecule has 0 fully saturated rings. The minimum Gasteiger partial charge on any atom is -0.454 e. The molecule has 1 heterocycles. The Morgan fingerprint density at radius 3 is 1.97 bits per heavy atom. The maximum Gasteiger partial charge on any atom is 0.330 e. The SMILES string of the molecule is CC(C)[C@@H](C(=O)OCC(=O)Nc1ccccc1F)N1C(=O)c2c(Br)c(Br)c(Br)c(Br)c2C1=O. The molecule has 1 aliphatic heterocycles. The Morgan fingerprint density at radius 1 is 0.970 bits per heavy atom. The number of rotatable bonds is 6. The Morgan fingerprint density at radius 2 is 1.48 bits per heavy atom. The zero-order valence-electron chi connectivity index (χ0n) is 17.0. The molecule has 1 N–H and O–H groups in total. The molecule has 3 amide bonds. The van der Waals surface area contributed by atoms with Gasteiger partial charge in [-0.25, -0.2) is 9.18 Å². The van der Waals surface area contributed by atoms with E-state index in [0.29, 0.717) is 17.9 Å². The minimum absolute atomic E-state index is 0.0647. The smallest absolute Gasteiger partial charge is 0.330 e. The van der Waals surface area contributed by atoms with Crippen molar-refractivity contribution < 1.29 is 28.3 Å². The highest BCUT2D eigenvalue weighted by Crippen LogP contribution is 2.46. The first kappa shape index (κ1) is 26.0. The molecule has 0 saturated carbocycles. The lowest BCUT2D eigenvalue weighted by atomic mass is 10.0. The normalized spacial score (nSPS) is 13.9. The summed E-state index contributed by atoms with van der Waals surface area (Å²) in [7, 11) is 0. The topological polar surface area (TPSA) is 92.8 Å². The van der Waals surface area contributed by atoms with Crippen LogP contribution in [0.4, 0.5) is 10.1 Å². The molecule has 3 rings (SSSR count). The molecule has 0 radical (unpaired) electrons. The molecule has 0 aliphatic carbocycles. The van der Waals surface area contributed by atoms with E-state index in [-0.39, 0.29) is 16.8 Å². The van der Waals surface area contributed by atoms with Crippen LogP contribution in [0.3, 0.4) is 0 Å². The Hall–Kier alpha value is -1.63. The van der Waals surface area contributed by atoms with Crippen LogP contribution in [0.2, 0.25) is 0 Å². The zero-order valence-corrected chi connectivity index (χ0v) is 23.4. The lowest BCUT2D eigenvalue weighted by molar-refractivity contribution is -0.152. The van der Waals surface area contributed by atoms with Gasteiger partial charge in [0.2, 0.25) is 0 Å². The predicted molar refractivity (Wildman–Crippen MR) is 132 cm³/mol. The molecule has 7 nitrogen and oxygen atoms in total. The number of carbonyl (C=O) groups excluding carboxylic acids is 4. The summed E-state index contributed by atoms with van der Waals surface area (Å²) in [6.45, 7) is 2.57. The Bertz CT molecular complexity index is 1140. The third-order valence-electron chi connectivity index (χ3n) is 4.78. The van der Waals surface area contributed by atoms with Crippen LogP contribution in [0.15, 0.2) is 42.2 Å². The van der Waals surface area contributed by atoms with Gasteiger partial charge < -0.3 is 10.1 Å². The number of carbonyl (C=O) groups is 4. The summed E-state index contributed by atoms with van der Waals surface area (Å²) in [5, 5.41) is 2.30. The van der Waals surface area contributed by atoms with Crippen molar-refractivity contribution in [3.05, 3.63) is 59.1 Å². The monoisotopic (exact) mass is 710 g/mol. The van der Waals surface area contributed by atoms with E-state index >= 15 is 0 Å². The molecular weight excluding hydrogens is 699 g/mol. The number of esters is 1. The van der Waals surface area contributed by atoms with Gasteiger partial charge in [-0.15, -0.1) is 0 Å². The third kappa shape index (κ3) is 4.94. The van der Waals surface area contributed by atoms with Crippen molar-refractivity contribution in [1.29, 1.82) is 0 Å². The number of halogens is 5. The standard InChI is InChI=1S/C21H15Br4FN2O5/c1-8(2)18(21(32)33-7-11(29)27-10-6-4-3-5-9(10)26)28-19(30)12-13(20(28)31)15(23)17(25)16(24)14(12)22/h3-6,8,18H,7H2,1-2H3,(H,27,29)/t18-/m0/s1. The number of nitrogens with one attached hydrogen (secondary N) is 1. The Balaban J connectivity index is 1.82. The molecule has 12 heteroatoms. The third-order valence-corrected chi connectivity index (χ3v) is 9.55. The molecule has 0 aromatic heterocycles. The first-order valence-electron chi connectivity index (χ1n) is 9.42. The van der Waals surface area contributed by atoms with E-state index in [0.717, 1.165) is 4.90 Å². The molecular formula is C21H15Br4FN2O5. The second-order valence-electron chi connectivity index (χ2n) is 7.31. The average Bonchev–Trinajstić information content (AvgIpc) is 3.01. The van der Waals surface area contributed by atoms with Gasteiger partial charge in [0.1, 0.15) is 11.9 Å². The molecule has 174 valence electrons. The molecule has 0 saturated heterocycles. The largest absolute Gasteiger partial charge is 0.454 e. The number of nitrogens with zero attached hydrogens (tertiary/aromatic N) is 1. The molecule has 0 unspecified atom stereocenters. The van der Waals surface area contributed by atoms with Crippen LogP contribution in [-0.2, 0) is 14.3 Å². The fourth-order valence-electron chi connectivity index (χ4n) is 3.27. The van der Waals surface area contributed by atoms with Gasteiger partial charge >= 0.3 is 5.97 Å². The van der Waals surface area contributed by atoms with Crippen molar-refractivity contribution in [2.75, 3.05) is 11.9 Å². The van der Waals surface area contributed by atoms with Crippen molar-refractivity contribution in [2.24, 2.45) is 5.92 Å². The number of para-hydroxylation sites is 1. The van der Waals surface area contributed by atoms with Crippen LogP contribution in [0.1, 0.15) is 34.6 Å². The second kappa shape index (κ2) is 10.3. The van der Waals surface area contributed by atoms with Crippen LogP contribution in [0, 0.1) is 11.7 Å². The molecule has 33 heavy (non-hydrogen) atoms. The van der Waals surface area contributed by atoms with E-state index in [1.165, 1.54) is 24.3 Å². The van der Waals surface area contributed by atoms with E-state index in [2.05, 4.69) is 69.0 Å². The predicted octanol–water partition coefficient (Wildman–Crippen LogP) is 5.68. The van der Waals surface area contributed by atoms with E-state index in [9.17, 15) is 23.6 Å². The number of benzene rings is 2. The lowest BCUT2D eigenvalue weighted by Gasteiger charge is -2.27. The van der Waals surface area contributed by atoms with Crippen LogP contribution in [0.5, 0.6) is 0 Å². The zero-order chi connectivity index (χ0) is 24.6. The highest BCUT2D eigenvalue weighted by atomic mass is 79.9. The molecule has 1 aliphatic rings. The van der Waals surface area contributed by atoms with Gasteiger partial charge in [-0.05, 0) is 81.8 Å². The van der Waals surface area contributed by atoms with Crippen LogP contribution in [-0.4, -0.2) is 41.2 Å². The van der Waals surface area contributed by atoms with E-state index < -0.39 is 48.1 Å². The number of hydrogen-bond acceptors (Lipinski definition) is 5. The van der Waals surface area contributed by atoms with Gasteiger partial charge in [0.25, 0.3) is 17.7 Å². The maximum absolute atomic E-state index is 13.7. The average molecular weight is 714 g/mol. The number of anilines is 1. The Kier molecular flexibility index (Phi) is 8.13. The van der Waals surface area contributed by atoms with Crippen molar-refractivity contribution in [3.63, 3.8) is 0 Å². The van der Waals surface area contributed by atoms with E-state index in [1.54, 1.807) is 13.8 Å². The van der Waals surface area contributed by atoms with Gasteiger partial charge in [-0.3, -0.25) is 19.3 Å². The summed E-state index contributed by atoms with van der Waals surface area (Å²) in [5.74, 6) is -4.22. The van der Waals surface area contributed by atoms with Crippen molar-refractivity contribution in [2.45, 2.75) is 19.9 Å². The van der Waals surface area contributed by atoms with E-state index in [1.807, 2.05) is 0 Å². The van der Waals surface area contributed by atoms with Gasteiger partial charge in [0, 0.05) is 17.9 Å². The first-order valence-corrected chi connectivity index (χ1v) is 12.6. The summed E-state index contributed by atoms with van der Waals surface area (Å²) in [6.07, 6.45) is 0. The number of imide groups is 1. The van der Waals surface area contributed by atoms with E-state index in [4.69, 9.17) is 4.74 Å². The van der Waals surface area contributed by atoms with Gasteiger partial charge in [0.05, 0.1) is 16.8 Å². The number of ether oxygens (including phenoxy) is 1. The lowest BCUT2D eigenvalue weighted by Crippen LogP contribution is -2.49. The minimum atomic E-state index is -1.28. The Labute approximate surface area is 221 Å². The van der Waals surface area contributed by atoms with Crippen LogP contribution in [0.25, 0.3) is 0 Å². The molecule has 0 spiro atoms. The fourth-order valence-corrected chi connectivity index (χ4v) is 5.72. The quantitative estimate of drug-likeness (QED) is 0.180. The maximum atomic E-state index is 13.7. The highest BCUT2D eigenvalue weighted by molar-refractivity contribution is 9.15. The van der Waals surface area contributed by atoms with Crippen molar-refractivity contribution in [3.8, 4) is 0 Å². The van der Waals surface area contributed by atoms with Gasteiger partial charge in [-0.2, -0.15) is 0 Å². The molecule has 1 atom stereocenters. The molecule has 2 aromatic carbocycles.